The smallest absolute Gasteiger partial charge is 0.0922 e. The lowest BCUT2D eigenvalue weighted by Gasteiger charge is -1.97. The molecule has 4 nitrogen and oxygen atoms in total. The highest BCUT2D eigenvalue weighted by Crippen LogP contribution is 1.87. The number of aliphatic hydroxyl groups excluding tert-OH is 1. The van der Waals surface area contributed by atoms with Crippen molar-refractivity contribution in [2.75, 3.05) is 13.2 Å². The molecule has 1 heterocycles. The van der Waals surface area contributed by atoms with E-state index in [1.807, 2.05) is 0 Å². The number of rotatable bonds is 4. The summed E-state index contributed by atoms with van der Waals surface area (Å²) in [7, 11) is 0. The molecule has 0 radical (unpaired) electrons. The number of imidazole rings is 1. The zero-order valence-corrected chi connectivity index (χ0v) is 5.67. The van der Waals surface area contributed by atoms with Crippen LogP contribution in [0.4, 0.5) is 0 Å². The Balaban J connectivity index is 2.15. The van der Waals surface area contributed by atoms with Crippen molar-refractivity contribution in [3.05, 3.63) is 18.2 Å². The lowest BCUT2D eigenvalue weighted by Crippen LogP contribution is -2.17. The zero-order valence-electron chi connectivity index (χ0n) is 5.67. The highest BCUT2D eigenvalue weighted by molar-refractivity contribution is 4.92. The van der Waals surface area contributed by atoms with Crippen LogP contribution < -0.4 is 5.32 Å². The molecule has 0 saturated carbocycles. The summed E-state index contributed by atoms with van der Waals surface area (Å²) in [5.41, 5.74) is 1.04. The van der Waals surface area contributed by atoms with E-state index in [0.29, 0.717) is 6.54 Å². The number of nitrogens with zero attached hydrogens (tertiary/aromatic N) is 1. The Morgan fingerprint density at radius 3 is 3.20 bits per heavy atom. The number of H-pyrrole nitrogens is 1. The van der Waals surface area contributed by atoms with E-state index >= 15 is 0 Å². The molecule has 0 unspecified atom stereocenters. The highest BCUT2D eigenvalue weighted by Gasteiger charge is 1.89. The van der Waals surface area contributed by atoms with E-state index in [9.17, 15) is 0 Å². The third kappa shape index (κ3) is 2.16. The highest BCUT2D eigenvalue weighted by atomic mass is 16.3. The zero-order chi connectivity index (χ0) is 7.23. The molecule has 0 saturated heterocycles. The number of aliphatic hydroxyl groups is 1. The Bertz CT molecular complexity index is 162. The molecule has 0 amide bonds. The third-order valence-electron chi connectivity index (χ3n) is 1.16. The monoisotopic (exact) mass is 141 g/mol. The van der Waals surface area contributed by atoms with Crippen molar-refractivity contribution in [2.45, 2.75) is 6.54 Å². The van der Waals surface area contributed by atoms with Gasteiger partial charge in [0.25, 0.3) is 0 Å². The Hall–Kier alpha value is -0.870. The second-order valence-electron chi connectivity index (χ2n) is 1.98. The predicted octanol–water partition coefficient (Wildman–Crippen LogP) is -0.508. The molecule has 0 aromatic carbocycles. The van der Waals surface area contributed by atoms with Gasteiger partial charge in [0.1, 0.15) is 0 Å². The van der Waals surface area contributed by atoms with Gasteiger partial charge in [-0.25, -0.2) is 4.98 Å². The first-order valence-corrected chi connectivity index (χ1v) is 3.22. The van der Waals surface area contributed by atoms with Crippen LogP contribution in [-0.2, 0) is 6.54 Å². The molecule has 0 bridgehead atoms. The van der Waals surface area contributed by atoms with Gasteiger partial charge in [-0.05, 0) is 0 Å². The molecular formula is C6H11N3O. The molecule has 10 heavy (non-hydrogen) atoms. The van der Waals surface area contributed by atoms with Gasteiger partial charge in [-0.2, -0.15) is 0 Å². The van der Waals surface area contributed by atoms with Gasteiger partial charge in [0.05, 0.1) is 12.9 Å². The van der Waals surface area contributed by atoms with Crippen molar-refractivity contribution < 1.29 is 5.11 Å². The van der Waals surface area contributed by atoms with Crippen LogP contribution >= 0.6 is 0 Å². The molecule has 4 heteroatoms. The second kappa shape index (κ2) is 4.03. The molecule has 0 aliphatic carbocycles. The van der Waals surface area contributed by atoms with Crippen molar-refractivity contribution >= 4 is 0 Å². The number of hydrogen-bond donors (Lipinski definition) is 3. The Kier molecular flexibility index (Phi) is 2.92. The van der Waals surface area contributed by atoms with Gasteiger partial charge in [0.15, 0.2) is 0 Å². The quantitative estimate of drug-likeness (QED) is 0.495. The van der Waals surface area contributed by atoms with Gasteiger partial charge in [0.2, 0.25) is 0 Å². The van der Waals surface area contributed by atoms with Crippen molar-refractivity contribution in [1.29, 1.82) is 0 Å². The maximum Gasteiger partial charge on any atom is 0.0922 e. The normalized spacial score (nSPS) is 10.1. The third-order valence-corrected chi connectivity index (χ3v) is 1.16. The average Bonchev–Trinajstić information content (AvgIpc) is 2.41. The average molecular weight is 141 g/mol. The number of aromatic nitrogens is 2. The summed E-state index contributed by atoms with van der Waals surface area (Å²) in [4.78, 5) is 6.78. The minimum Gasteiger partial charge on any atom is -0.395 e. The number of nitrogens with one attached hydrogen (secondary N) is 2. The summed E-state index contributed by atoms with van der Waals surface area (Å²) < 4.78 is 0. The molecule has 0 aliphatic heterocycles. The molecule has 1 rings (SSSR count). The molecule has 0 spiro atoms. The second-order valence-corrected chi connectivity index (χ2v) is 1.98. The van der Waals surface area contributed by atoms with Crippen LogP contribution in [0.5, 0.6) is 0 Å². The van der Waals surface area contributed by atoms with Crippen molar-refractivity contribution in [3.63, 3.8) is 0 Å². The SMILES string of the molecule is OCCNCc1cnc[nH]1. The fourth-order valence-corrected chi connectivity index (χ4v) is 0.683. The fourth-order valence-electron chi connectivity index (χ4n) is 0.683. The first-order chi connectivity index (χ1) is 4.93. The standard InChI is InChI=1S/C6H11N3O/c10-2-1-7-3-6-4-8-5-9-6/h4-5,7,10H,1-3H2,(H,8,9). The van der Waals surface area contributed by atoms with E-state index in [2.05, 4.69) is 15.3 Å². The molecule has 56 valence electrons. The van der Waals surface area contributed by atoms with Gasteiger partial charge in [-0.15, -0.1) is 0 Å². The molecule has 1 aromatic heterocycles. The topological polar surface area (TPSA) is 60.9 Å². The van der Waals surface area contributed by atoms with E-state index in [0.717, 1.165) is 12.2 Å². The lowest BCUT2D eigenvalue weighted by atomic mass is 10.5. The van der Waals surface area contributed by atoms with Crippen LogP contribution in [-0.4, -0.2) is 28.2 Å². The molecule has 3 N–H and O–H groups in total. The summed E-state index contributed by atoms with van der Waals surface area (Å²) in [5, 5.41) is 11.4. The molecule has 0 aliphatic rings. The van der Waals surface area contributed by atoms with Crippen LogP contribution in [0.3, 0.4) is 0 Å². The van der Waals surface area contributed by atoms with Gasteiger partial charge in [-0.1, -0.05) is 0 Å². The first kappa shape index (κ1) is 7.24. The summed E-state index contributed by atoms with van der Waals surface area (Å²) in [6.07, 6.45) is 3.39. The van der Waals surface area contributed by atoms with Crippen LogP contribution in [0.2, 0.25) is 0 Å². The number of hydrogen-bond acceptors (Lipinski definition) is 3. The van der Waals surface area contributed by atoms with E-state index in [4.69, 9.17) is 5.11 Å². The van der Waals surface area contributed by atoms with Crippen LogP contribution in [0.25, 0.3) is 0 Å². The van der Waals surface area contributed by atoms with Gasteiger partial charge >= 0.3 is 0 Å². The van der Waals surface area contributed by atoms with E-state index < -0.39 is 0 Å². The van der Waals surface area contributed by atoms with Crippen molar-refractivity contribution in [3.8, 4) is 0 Å². The molecular weight excluding hydrogens is 130 g/mol. The Morgan fingerprint density at radius 1 is 1.70 bits per heavy atom. The minimum absolute atomic E-state index is 0.175. The number of aromatic amines is 1. The van der Waals surface area contributed by atoms with E-state index in [1.165, 1.54) is 0 Å². The van der Waals surface area contributed by atoms with Gasteiger partial charge in [0, 0.05) is 25.0 Å². The summed E-state index contributed by atoms with van der Waals surface area (Å²) in [6.45, 7) is 1.54. The van der Waals surface area contributed by atoms with Crippen LogP contribution in [0.1, 0.15) is 5.69 Å². The summed E-state index contributed by atoms with van der Waals surface area (Å²) in [6, 6.07) is 0. The Labute approximate surface area is 59.3 Å². The maximum absolute atomic E-state index is 8.41. The molecule has 0 atom stereocenters. The summed E-state index contributed by atoms with van der Waals surface area (Å²) >= 11 is 0. The lowest BCUT2D eigenvalue weighted by molar-refractivity contribution is 0.291. The molecule has 0 fully saturated rings. The first-order valence-electron chi connectivity index (χ1n) is 3.22. The summed E-state index contributed by atoms with van der Waals surface area (Å²) in [5.74, 6) is 0. The largest absolute Gasteiger partial charge is 0.395 e. The van der Waals surface area contributed by atoms with E-state index in [1.54, 1.807) is 12.5 Å². The fraction of sp³-hybridized carbons (Fsp3) is 0.500. The van der Waals surface area contributed by atoms with Gasteiger partial charge in [-0.3, -0.25) is 0 Å². The van der Waals surface area contributed by atoms with Crippen LogP contribution in [0.15, 0.2) is 12.5 Å². The van der Waals surface area contributed by atoms with Crippen molar-refractivity contribution in [1.82, 2.24) is 15.3 Å². The van der Waals surface area contributed by atoms with Crippen molar-refractivity contribution in [2.24, 2.45) is 0 Å². The predicted molar refractivity (Wildman–Crippen MR) is 37.4 cm³/mol. The molecule has 1 aromatic rings. The van der Waals surface area contributed by atoms with Crippen LogP contribution in [0, 0.1) is 0 Å². The minimum atomic E-state index is 0.175. The Morgan fingerprint density at radius 2 is 2.60 bits per heavy atom. The van der Waals surface area contributed by atoms with E-state index in [-0.39, 0.29) is 6.61 Å². The maximum atomic E-state index is 8.41. The van der Waals surface area contributed by atoms with Gasteiger partial charge < -0.3 is 15.4 Å².